The average Bonchev–Trinajstić information content (AvgIpc) is 2.47. The van der Waals surface area contributed by atoms with Gasteiger partial charge in [0, 0.05) is 13.1 Å². The van der Waals surface area contributed by atoms with Gasteiger partial charge < -0.3 is 15.2 Å². The van der Waals surface area contributed by atoms with E-state index >= 15 is 0 Å². The van der Waals surface area contributed by atoms with Gasteiger partial charge in [-0.15, -0.1) is 0 Å². The molecule has 0 spiro atoms. The summed E-state index contributed by atoms with van der Waals surface area (Å²) >= 11 is 0. The number of ether oxygens (including phenoxy) is 2. The maximum absolute atomic E-state index is 5.97. The Balaban J connectivity index is 1.93. The molecule has 112 valence electrons. The highest BCUT2D eigenvalue weighted by atomic mass is 16.5. The van der Waals surface area contributed by atoms with Crippen molar-refractivity contribution in [3.8, 4) is 5.75 Å². The number of nitrogens with two attached hydrogens (primary N) is 1. The number of likely N-dealkylation sites (N-methyl/N-ethyl adjacent to an activating group) is 1. The van der Waals surface area contributed by atoms with Crippen LogP contribution in [0.15, 0.2) is 18.2 Å². The van der Waals surface area contributed by atoms with Crippen molar-refractivity contribution in [1.29, 1.82) is 0 Å². The molecule has 1 atom stereocenters. The number of benzene rings is 1. The minimum atomic E-state index is 0.163. The van der Waals surface area contributed by atoms with Crippen molar-refractivity contribution in [2.45, 2.75) is 26.4 Å². The predicted octanol–water partition coefficient (Wildman–Crippen LogP) is 1.60. The van der Waals surface area contributed by atoms with Crippen LogP contribution in [0, 0.1) is 6.92 Å². The number of aryl methyl sites for hydroxylation is 1. The van der Waals surface area contributed by atoms with Gasteiger partial charge in [0.25, 0.3) is 0 Å². The Kier molecular flexibility index (Phi) is 5.83. The Morgan fingerprint density at radius 3 is 3.05 bits per heavy atom. The highest BCUT2D eigenvalue weighted by Gasteiger charge is 2.20. The summed E-state index contributed by atoms with van der Waals surface area (Å²) < 4.78 is 11.7. The van der Waals surface area contributed by atoms with E-state index in [1.54, 1.807) is 0 Å². The van der Waals surface area contributed by atoms with Crippen molar-refractivity contribution in [1.82, 2.24) is 4.90 Å². The third-order valence-electron chi connectivity index (χ3n) is 3.72. The van der Waals surface area contributed by atoms with Crippen LogP contribution in [0.5, 0.6) is 5.75 Å². The molecule has 1 aliphatic heterocycles. The monoisotopic (exact) mass is 278 g/mol. The maximum Gasteiger partial charge on any atom is 0.122 e. The van der Waals surface area contributed by atoms with Crippen LogP contribution in [-0.4, -0.2) is 50.4 Å². The molecular formula is C16H26N2O2. The van der Waals surface area contributed by atoms with E-state index in [-0.39, 0.29) is 6.10 Å². The van der Waals surface area contributed by atoms with Gasteiger partial charge in [0.05, 0.1) is 6.61 Å². The second-order valence-electron chi connectivity index (χ2n) is 5.35. The summed E-state index contributed by atoms with van der Waals surface area (Å²) in [5, 5.41) is 0. The number of morpholine rings is 1. The molecule has 4 nitrogen and oxygen atoms in total. The van der Waals surface area contributed by atoms with E-state index in [9.17, 15) is 0 Å². The van der Waals surface area contributed by atoms with Crippen LogP contribution in [0.4, 0.5) is 0 Å². The first-order valence-electron chi connectivity index (χ1n) is 7.49. The van der Waals surface area contributed by atoms with E-state index in [1.807, 2.05) is 6.07 Å². The zero-order valence-electron chi connectivity index (χ0n) is 12.6. The van der Waals surface area contributed by atoms with Gasteiger partial charge in [-0.3, -0.25) is 4.90 Å². The van der Waals surface area contributed by atoms with Gasteiger partial charge in [-0.25, -0.2) is 0 Å². The van der Waals surface area contributed by atoms with Gasteiger partial charge in [-0.1, -0.05) is 24.6 Å². The Hall–Kier alpha value is -1.10. The minimum Gasteiger partial charge on any atom is -0.491 e. The van der Waals surface area contributed by atoms with Gasteiger partial charge in [-0.2, -0.15) is 0 Å². The summed E-state index contributed by atoms with van der Waals surface area (Å²) in [5.74, 6) is 0.943. The molecule has 1 fully saturated rings. The molecule has 4 heteroatoms. The summed E-state index contributed by atoms with van der Waals surface area (Å²) in [6.45, 7) is 9.37. The summed E-state index contributed by atoms with van der Waals surface area (Å²) in [6, 6.07) is 6.28. The molecule has 1 aromatic rings. The predicted molar refractivity (Wildman–Crippen MR) is 81.3 cm³/mol. The number of rotatable bonds is 6. The van der Waals surface area contributed by atoms with Crippen LogP contribution in [0.1, 0.15) is 18.1 Å². The molecule has 0 saturated carbocycles. The van der Waals surface area contributed by atoms with Gasteiger partial charge in [0.15, 0.2) is 0 Å². The topological polar surface area (TPSA) is 47.7 Å². The molecule has 0 radical (unpaired) electrons. The Morgan fingerprint density at radius 2 is 2.30 bits per heavy atom. The van der Waals surface area contributed by atoms with E-state index < -0.39 is 0 Å². The van der Waals surface area contributed by atoms with Crippen molar-refractivity contribution < 1.29 is 9.47 Å². The molecule has 1 saturated heterocycles. The molecule has 0 amide bonds. The smallest absolute Gasteiger partial charge is 0.122 e. The van der Waals surface area contributed by atoms with E-state index in [1.165, 1.54) is 11.1 Å². The minimum absolute atomic E-state index is 0.163. The standard InChI is InChI=1S/C16H26N2O2/c1-3-18-8-9-19-15(11-18)12-20-16-5-4-13(2)10-14(16)6-7-17/h4-5,10,15H,3,6-9,11-12,17H2,1-2H3. The number of hydrogen-bond donors (Lipinski definition) is 1. The van der Waals surface area contributed by atoms with Gasteiger partial charge in [-0.05, 0) is 38.1 Å². The first kappa shape index (κ1) is 15.3. The lowest BCUT2D eigenvalue weighted by Gasteiger charge is -2.32. The SMILES string of the molecule is CCN1CCOC(COc2ccc(C)cc2CCN)C1. The second-order valence-corrected chi connectivity index (χ2v) is 5.35. The average molecular weight is 278 g/mol. The van der Waals surface area contributed by atoms with Crippen LogP contribution in [0.2, 0.25) is 0 Å². The summed E-state index contributed by atoms with van der Waals surface area (Å²) in [7, 11) is 0. The summed E-state index contributed by atoms with van der Waals surface area (Å²) in [4.78, 5) is 2.40. The van der Waals surface area contributed by atoms with Crippen molar-refractivity contribution in [3.05, 3.63) is 29.3 Å². The fraction of sp³-hybridized carbons (Fsp3) is 0.625. The molecule has 0 aliphatic carbocycles. The van der Waals surface area contributed by atoms with E-state index in [2.05, 4.69) is 30.9 Å². The molecule has 0 bridgehead atoms. The summed E-state index contributed by atoms with van der Waals surface area (Å²) in [6.07, 6.45) is 1.01. The molecule has 2 rings (SSSR count). The molecule has 0 aromatic heterocycles. The second kappa shape index (κ2) is 7.62. The first-order chi connectivity index (χ1) is 9.72. The Bertz CT molecular complexity index is 423. The van der Waals surface area contributed by atoms with E-state index in [0.29, 0.717) is 13.2 Å². The lowest BCUT2D eigenvalue weighted by Crippen LogP contribution is -2.44. The van der Waals surface area contributed by atoms with Crippen LogP contribution in [0.25, 0.3) is 0 Å². The molecule has 1 aliphatic rings. The molecular weight excluding hydrogens is 252 g/mol. The zero-order chi connectivity index (χ0) is 14.4. The summed E-state index contributed by atoms with van der Waals surface area (Å²) in [5.41, 5.74) is 8.10. The lowest BCUT2D eigenvalue weighted by atomic mass is 10.1. The first-order valence-corrected chi connectivity index (χ1v) is 7.49. The Labute approximate surface area is 121 Å². The fourth-order valence-electron chi connectivity index (χ4n) is 2.55. The third-order valence-corrected chi connectivity index (χ3v) is 3.72. The van der Waals surface area contributed by atoms with Crippen LogP contribution in [0.3, 0.4) is 0 Å². The maximum atomic E-state index is 5.97. The quantitative estimate of drug-likeness (QED) is 0.858. The van der Waals surface area contributed by atoms with Crippen molar-refractivity contribution >= 4 is 0 Å². The molecule has 1 heterocycles. The Morgan fingerprint density at radius 1 is 1.45 bits per heavy atom. The van der Waals surface area contributed by atoms with Crippen molar-refractivity contribution in [3.63, 3.8) is 0 Å². The highest BCUT2D eigenvalue weighted by molar-refractivity contribution is 5.37. The normalized spacial score (nSPS) is 20.1. The third kappa shape index (κ3) is 4.20. The van der Waals surface area contributed by atoms with Gasteiger partial charge in [0.2, 0.25) is 0 Å². The van der Waals surface area contributed by atoms with Crippen molar-refractivity contribution in [2.24, 2.45) is 5.73 Å². The van der Waals surface area contributed by atoms with Gasteiger partial charge in [0.1, 0.15) is 18.5 Å². The molecule has 1 aromatic carbocycles. The zero-order valence-corrected chi connectivity index (χ0v) is 12.6. The molecule has 20 heavy (non-hydrogen) atoms. The van der Waals surface area contributed by atoms with E-state index in [0.717, 1.165) is 38.4 Å². The van der Waals surface area contributed by atoms with E-state index in [4.69, 9.17) is 15.2 Å². The van der Waals surface area contributed by atoms with Crippen LogP contribution in [-0.2, 0) is 11.2 Å². The lowest BCUT2D eigenvalue weighted by molar-refractivity contribution is -0.0465. The number of hydrogen-bond acceptors (Lipinski definition) is 4. The van der Waals surface area contributed by atoms with Crippen LogP contribution < -0.4 is 10.5 Å². The number of nitrogens with zero attached hydrogens (tertiary/aromatic N) is 1. The van der Waals surface area contributed by atoms with Gasteiger partial charge >= 0.3 is 0 Å². The van der Waals surface area contributed by atoms with Crippen LogP contribution >= 0.6 is 0 Å². The molecule has 1 unspecified atom stereocenters. The molecule has 2 N–H and O–H groups in total. The largest absolute Gasteiger partial charge is 0.491 e. The fourth-order valence-corrected chi connectivity index (χ4v) is 2.55. The van der Waals surface area contributed by atoms with Crippen molar-refractivity contribution in [2.75, 3.05) is 39.4 Å². The highest BCUT2D eigenvalue weighted by Crippen LogP contribution is 2.21.